The first-order chi connectivity index (χ1) is 10.1. The lowest BCUT2D eigenvalue weighted by Crippen LogP contribution is -2.20. The summed E-state index contributed by atoms with van der Waals surface area (Å²) in [7, 11) is 2.00. The molecule has 112 valence electrons. The second-order valence-corrected chi connectivity index (χ2v) is 5.48. The molecule has 2 aromatic rings. The van der Waals surface area contributed by atoms with E-state index in [0.29, 0.717) is 6.54 Å². The van der Waals surface area contributed by atoms with Gasteiger partial charge in [0.15, 0.2) is 0 Å². The minimum Gasteiger partial charge on any atom is -0.370 e. The van der Waals surface area contributed by atoms with Gasteiger partial charge in [-0.25, -0.2) is 4.39 Å². The lowest BCUT2D eigenvalue weighted by Gasteiger charge is -2.23. The third-order valence-corrected chi connectivity index (χ3v) is 3.56. The maximum absolute atomic E-state index is 13.3. The minimum absolute atomic E-state index is 0.204. The van der Waals surface area contributed by atoms with E-state index < -0.39 is 0 Å². The van der Waals surface area contributed by atoms with Crippen LogP contribution in [0, 0.1) is 5.82 Å². The molecule has 21 heavy (non-hydrogen) atoms. The normalized spacial score (nSPS) is 10.7. The van der Waals surface area contributed by atoms with Gasteiger partial charge in [-0.15, -0.1) is 0 Å². The third-order valence-electron chi connectivity index (χ3n) is 3.33. The first-order valence-electron chi connectivity index (χ1n) is 7.05. The highest BCUT2D eigenvalue weighted by atomic mass is 35.5. The van der Waals surface area contributed by atoms with E-state index in [-0.39, 0.29) is 5.82 Å². The zero-order valence-electron chi connectivity index (χ0n) is 12.4. The van der Waals surface area contributed by atoms with Crippen LogP contribution >= 0.6 is 11.6 Å². The summed E-state index contributed by atoms with van der Waals surface area (Å²) < 4.78 is 13.3. The summed E-state index contributed by atoms with van der Waals surface area (Å²) >= 11 is 6.09. The molecule has 0 bridgehead atoms. The van der Waals surface area contributed by atoms with Crippen molar-refractivity contribution >= 4 is 17.3 Å². The number of benzene rings is 2. The van der Waals surface area contributed by atoms with Gasteiger partial charge < -0.3 is 10.2 Å². The Morgan fingerprint density at radius 2 is 2.00 bits per heavy atom. The Labute approximate surface area is 130 Å². The lowest BCUT2D eigenvalue weighted by molar-refractivity contribution is 0.625. The molecule has 0 aromatic heterocycles. The maximum Gasteiger partial charge on any atom is 0.123 e. The molecule has 0 aliphatic carbocycles. The van der Waals surface area contributed by atoms with E-state index in [1.54, 1.807) is 12.1 Å². The number of hydrogen-bond acceptors (Lipinski definition) is 2. The largest absolute Gasteiger partial charge is 0.370 e. The van der Waals surface area contributed by atoms with Crippen LogP contribution in [0.4, 0.5) is 10.1 Å². The van der Waals surface area contributed by atoms with Crippen molar-refractivity contribution in [3.05, 3.63) is 64.4 Å². The van der Waals surface area contributed by atoms with Crippen LogP contribution in [-0.4, -0.2) is 13.6 Å². The van der Waals surface area contributed by atoms with Crippen LogP contribution in [0.3, 0.4) is 0 Å². The molecule has 4 heteroatoms. The molecule has 0 saturated heterocycles. The first-order valence-corrected chi connectivity index (χ1v) is 7.42. The van der Waals surface area contributed by atoms with E-state index in [2.05, 4.69) is 17.1 Å². The predicted molar refractivity (Wildman–Crippen MR) is 87.3 cm³/mol. The van der Waals surface area contributed by atoms with Gasteiger partial charge in [-0.2, -0.15) is 0 Å². The third kappa shape index (κ3) is 4.45. The van der Waals surface area contributed by atoms with Crippen molar-refractivity contribution in [3.63, 3.8) is 0 Å². The van der Waals surface area contributed by atoms with Crippen molar-refractivity contribution in [3.8, 4) is 0 Å². The van der Waals surface area contributed by atoms with Gasteiger partial charge in [-0.1, -0.05) is 30.7 Å². The van der Waals surface area contributed by atoms with Crippen LogP contribution in [0.1, 0.15) is 18.1 Å². The van der Waals surface area contributed by atoms with Crippen LogP contribution in [0.2, 0.25) is 5.02 Å². The molecule has 0 aliphatic rings. The smallest absolute Gasteiger partial charge is 0.123 e. The van der Waals surface area contributed by atoms with Gasteiger partial charge in [0.2, 0.25) is 0 Å². The van der Waals surface area contributed by atoms with E-state index in [4.69, 9.17) is 11.6 Å². The fraction of sp³-hybridized carbons (Fsp3) is 0.294. The fourth-order valence-corrected chi connectivity index (χ4v) is 2.52. The molecule has 0 saturated carbocycles. The van der Waals surface area contributed by atoms with Crippen molar-refractivity contribution in [2.24, 2.45) is 0 Å². The molecule has 0 spiro atoms. The zero-order valence-corrected chi connectivity index (χ0v) is 13.1. The van der Waals surface area contributed by atoms with E-state index in [9.17, 15) is 4.39 Å². The maximum atomic E-state index is 13.3. The Balaban J connectivity index is 2.19. The van der Waals surface area contributed by atoms with Crippen molar-refractivity contribution in [2.45, 2.75) is 20.0 Å². The monoisotopic (exact) mass is 306 g/mol. The van der Waals surface area contributed by atoms with Crippen molar-refractivity contribution in [1.29, 1.82) is 0 Å². The molecular weight excluding hydrogens is 287 g/mol. The second kappa shape index (κ2) is 7.43. The van der Waals surface area contributed by atoms with Gasteiger partial charge in [-0.05, 0) is 48.0 Å². The fourth-order valence-electron chi connectivity index (χ4n) is 2.32. The van der Waals surface area contributed by atoms with Crippen molar-refractivity contribution in [1.82, 2.24) is 5.32 Å². The van der Waals surface area contributed by atoms with E-state index in [0.717, 1.165) is 34.9 Å². The van der Waals surface area contributed by atoms with Gasteiger partial charge in [-0.3, -0.25) is 0 Å². The Bertz CT molecular complexity index is 601. The molecule has 0 aliphatic heterocycles. The summed E-state index contributed by atoms with van der Waals surface area (Å²) in [6, 6.07) is 12.6. The highest BCUT2D eigenvalue weighted by Gasteiger charge is 2.09. The van der Waals surface area contributed by atoms with Gasteiger partial charge in [0.1, 0.15) is 5.82 Å². The first kappa shape index (κ1) is 15.8. The number of anilines is 1. The average molecular weight is 307 g/mol. The quantitative estimate of drug-likeness (QED) is 0.859. The number of rotatable bonds is 6. The summed E-state index contributed by atoms with van der Waals surface area (Å²) in [6.07, 6.45) is 0. The summed E-state index contributed by atoms with van der Waals surface area (Å²) in [4.78, 5) is 2.11. The molecule has 1 N–H and O–H groups in total. The highest BCUT2D eigenvalue weighted by molar-refractivity contribution is 6.30. The number of nitrogens with zero attached hydrogens (tertiary/aromatic N) is 1. The zero-order chi connectivity index (χ0) is 15.2. The number of halogens is 2. The topological polar surface area (TPSA) is 15.3 Å². The molecule has 2 rings (SSSR count). The molecule has 2 aromatic carbocycles. The lowest BCUT2D eigenvalue weighted by atomic mass is 10.1. The predicted octanol–water partition coefficient (Wildman–Crippen LogP) is 4.23. The Morgan fingerprint density at radius 3 is 2.71 bits per heavy atom. The van der Waals surface area contributed by atoms with E-state index in [1.807, 2.05) is 31.3 Å². The average Bonchev–Trinajstić information content (AvgIpc) is 2.45. The molecule has 0 heterocycles. The van der Waals surface area contributed by atoms with Crippen LogP contribution in [0.5, 0.6) is 0 Å². The van der Waals surface area contributed by atoms with Gasteiger partial charge in [0, 0.05) is 30.8 Å². The highest BCUT2D eigenvalue weighted by Crippen LogP contribution is 2.25. The second-order valence-electron chi connectivity index (χ2n) is 5.04. The van der Waals surface area contributed by atoms with E-state index >= 15 is 0 Å². The van der Waals surface area contributed by atoms with Crippen LogP contribution in [0.15, 0.2) is 42.5 Å². The summed E-state index contributed by atoms with van der Waals surface area (Å²) in [5.74, 6) is -0.204. The summed E-state index contributed by atoms with van der Waals surface area (Å²) in [5, 5.41) is 4.04. The minimum atomic E-state index is -0.204. The molecule has 2 nitrogen and oxygen atoms in total. The van der Waals surface area contributed by atoms with Gasteiger partial charge >= 0.3 is 0 Å². The Hall–Kier alpha value is -1.58. The standard InChI is InChI=1S/C17H20ClFN2/c1-3-20-11-14-10-15(18)7-8-17(14)21(2)12-13-5-4-6-16(19)9-13/h4-10,20H,3,11-12H2,1-2H3. The molecule has 0 atom stereocenters. The van der Waals surface area contributed by atoms with Crippen LogP contribution in [0.25, 0.3) is 0 Å². The molecule has 0 amide bonds. The number of hydrogen-bond donors (Lipinski definition) is 1. The molecule has 0 fully saturated rings. The van der Waals surface area contributed by atoms with E-state index in [1.165, 1.54) is 6.07 Å². The van der Waals surface area contributed by atoms with Crippen molar-refractivity contribution < 1.29 is 4.39 Å². The SMILES string of the molecule is CCNCc1cc(Cl)ccc1N(C)Cc1cccc(F)c1. The molecule has 0 unspecified atom stereocenters. The van der Waals surface area contributed by atoms with Crippen LogP contribution in [-0.2, 0) is 13.1 Å². The Morgan fingerprint density at radius 1 is 1.19 bits per heavy atom. The summed E-state index contributed by atoms with van der Waals surface area (Å²) in [6.45, 7) is 4.39. The van der Waals surface area contributed by atoms with Crippen molar-refractivity contribution in [2.75, 3.05) is 18.5 Å². The van der Waals surface area contributed by atoms with Gasteiger partial charge in [0.05, 0.1) is 0 Å². The molecule has 0 radical (unpaired) electrons. The number of nitrogens with one attached hydrogen (secondary N) is 1. The van der Waals surface area contributed by atoms with Crippen LogP contribution < -0.4 is 10.2 Å². The van der Waals surface area contributed by atoms with Gasteiger partial charge in [0.25, 0.3) is 0 Å². The molecular formula is C17H20ClFN2. The Kier molecular flexibility index (Phi) is 5.59. The summed E-state index contributed by atoms with van der Waals surface area (Å²) in [5.41, 5.74) is 3.19.